The van der Waals surface area contributed by atoms with E-state index < -0.39 is 18.2 Å². The first-order chi connectivity index (χ1) is 15.6. The Morgan fingerprint density at radius 2 is 0.750 bits per heavy atom. The zero-order valence-electron chi connectivity index (χ0n) is 21.1. The third-order valence-corrected chi connectivity index (χ3v) is 6.30. The van der Waals surface area contributed by atoms with Crippen molar-refractivity contribution in [1.29, 1.82) is 0 Å². The molecule has 0 spiro atoms. The maximum Gasteiger partial charge on any atom is 0.310 e. The van der Waals surface area contributed by atoms with Gasteiger partial charge >= 0.3 is 5.97 Å². The molecule has 0 aliphatic heterocycles. The quantitative estimate of drug-likeness (QED) is 0.105. The third-order valence-electron chi connectivity index (χ3n) is 6.30. The molecule has 0 saturated carbocycles. The Hall–Kier alpha value is -1.19. The van der Waals surface area contributed by atoms with Crippen molar-refractivity contribution in [2.45, 2.75) is 161 Å². The Kier molecular flexibility index (Phi) is 23.5. The fraction of sp³-hybridized carbons (Fsp3) is 0.893. The molecule has 4 heteroatoms. The molecule has 0 amide bonds. The Bertz CT molecular complexity index is 458. The molecule has 0 radical (unpaired) electrons. The van der Waals surface area contributed by atoms with Gasteiger partial charge in [-0.15, -0.1) is 0 Å². The Morgan fingerprint density at radius 1 is 0.438 bits per heavy atom. The van der Waals surface area contributed by atoms with E-state index in [0.29, 0.717) is 6.42 Å². The van der Waals surface area contributed by atoms with E-state index >= 15 is 0 Å². The molecule has 188 valence electrons. The number of unbranched alkanes of at least 4 members (excludes halogenated alkanes) is 20. The Labute approximate surface area is 198 Å². The average Bonchev–Trinajstić information content (AvgIpc) is 2.74. The number of rotatable bonds is 26. The summed E-state index contributed by atoms with van der Waals surface area (Å²) >= 11 is 0. The summed E-state index contributed by atoms with van der Waals surface area (Å²) in [6.45, 7) is 2.28. The molecule has 0 fully saturated rings. The largest absolute Gasteiger partial charge is 0.481 e. The van der Waals surface area contributed by atoms with Gasteiger partial charge in [-0.1, -0.05) is 135 Å². The molecule has 0 aliphatic rings. The van der Waals surface area contributed by atoms with Crippen LogP contribution in [0.3, 0.4) is 0 Å². The summed E-state index contributed by atoms with van der Waals surface area (Å²) < 4.78 is 0. The number of carbonyl (C=O) groups is 3. The van der Waals surface area contributed by atoms with Crippen molar-refractivity contribution >= 4 is 17.5 Å². The van der Waals surface area contributed by atoms with Gasteiger partial charge in [-0.2, -0.15) is 0 Å². The molecule has 0 rings (SSSR count). The van der Waals surface area contributed by atoms with Crippen LogP contribution < -0.4 is 0 Å². The highest BCUT2D eigenvalue weighted by Crippen LogP contribution is 2.15. The monoisotopic (exact) mass is 452 g/mol. The van der Waals surface area contributed by atoms with Crippen molar-refractivity contribution in [2.24, 2.45) is 0 Å². The van der Waals surface area contributed by atoms with Gasteiger partial charge in [0.15, 0.2) is 5.78 Å². The second kappa shape index (κ2) is 24.5. The van der Waals surface area contributed by atoms with Crippen LogP contribution in [0.2, 0.25) is 0 Å². The van der Waals surface area contributed by atoms with Crippen LogP contribution in [0.1, 0.15) is 161 Å². The highest BCUT2D eigenvalue weighted by molar-refractivity contribution is 6.05. The number of hydrogen-bond donors (Lipinski definition) is 1. The lowest BCUT2D eigenvalue weighted by Crippen LogP contribution is -2.11. The van der Waals surface area contributed by atoms with E-state index in [9.17, 15) is 14.4 Å². The lowest BCUT2D eigenvalue weighted by atomic mass is 10.0. The molecule has 4 nitrogen and oxygen atoms in total. The molecule has 0 aliphatic carbocycles. The van der Waals surface area contributed by atoms with Gasteiger partial charge in [-0.25, -0.2) is 0 Å². The molecule has 0 saturated heterocycles. The molecule has 0 aromatic heterocycles. The van der Waals surface area contributed by atoms with Crippen LogP contribution in [0, 0.1) is 0 Å². The highest BCUT2D eigenvalue weighted by Gasteiger charge is 2.12. The first-order valence-corrected chi connectivity index (χ1v) is 13.8. The average molecular weight is 453 g/mol. The third kappa shape index (κ3) is 25.1. The second-order valence-electron chi connectivity index (χ2n) is 9.65. The van der Waals surface area contributed by atoms with Gasteiger partial charge in [0, 0.05) is 6.42 Å². The van der Waals surface area contributed by atoms with Gasteiger partial charge in [0.1, 0.15) is 12.2 Å². The standard InChI is InChI=1S/C28H52O4/c1-2-3-4-5-6-7-8-9-10-11-12-13-14-15-16-17-18-19-20-21-22-23-26(29)24-27(30)25-28(31)32/h2-25H2,1H3,(H,31,32). The molecule has 0 aromatic carbocycles. The fourth-order valence-corrected chi connectivity index (χ4v) is 4.29. The summed E-state index contributed by atoms with van der Waals surface area (Å²) in [5.41, 5.74) is 0. The van der Waals surface area contributed by atoms with Crippen LogP contribution in [0.25, 0.3) is 0 Å². The van der Waals surface area contributed by atoms with Gasteiger partial charge < -0.3 is 5.11 Å². The maximum atomic E-state index is 11.6. The van der Waals surface area contributed by atoms with E-state index in [1.54, 1.807) is 0 Å². The van der Waals surface area contributed by atoms with E-state index in [1.807, 2.05) is 0 Å². The summed E-state index contributed by atoms with van der Waals surface area (Å²) in [6.07, 6.45) is 27.6. The van der Waals surface area contributed by atoms with Gasteiger partial charge in [0.2, 0.25) is 0 Å². The number of carboxylic acid groups (broad SMARTS) is 1. The summed E-state index contributed by atoms with van der Waals surface area (Å²) in [6, 6.07) is 0. The molecule has 0 bridgehead atoms. The van der Waals surface area contributed by atoms with Gasteiger partial charge in [-0.05, 0) is 6.42 Å². The van der Waals surface area contributed by atoms with E-state index in [1.165, 1.54) is 116 Å². The summed E-state index contributed by atoms with van der Waals surface area (Å²) in [5.74, 6) is -1.75. The fourth-order valence-electron chi connectivity index (χ4n) is 4.29. The first kappa shape index (κ1) is 30.8. The predicted molar refractivity (Wildman–Crippen MR) is 134 cm³/mol. The summed E-state index contributed by atoms with van der Waals surface area (Å²) in [5, 5.41) is 8.52. The normalized spacial score (nSPS) is 11.0. The minimum Gasteiger partial charge on any atom is -0.481 e. The van der Waals surface area contributed by atoms with Crippen LogP contribution in [-0.4, -0.2) is 22.6 Å². The molecule has 0 atom stereocenters. The zero-order chi connectivity index (χ0) is 23.7. The van der Waals surface area contributed by atoms with Crippen LogP contribution in [-0.2, 0) is 14.4 Å². The highest BCUT2D eigenvalue weighted by atomic mass is 16.4. The first-order valence-electron chi connectivity index (χ1n) is 13.8. The van der Waals surface area contributed by atoms with Crippen molar-refractivity contribution in [1.82, 2.24) is 0 Å². The summed E-state index contributed by atoms with van der Waals surface area (Å²) in [4.78, 5) is 33.3. The topological polar surface area (TPSA) is 71.4 Å². The SMILES string of the molecule is CCCCCCCCCCCCCCCCCCCCCCCC(=O)CC(=O)CC(=O)O. The predicted octanol–water partition coefficient (Wildman–Crippen LogP) is 8.59. The number of ketones is 2. The Balaban J connectivity index is 3.17. The van der Waals surface area contributed by atoms with Crippen LogP contribution in [0.4, 0.5) is 0 Å². The van der Waals surface area contributed by atoms with Crippen LogP contribution >= 0.6 is 0 Å². The van der Waals surface area contributed by atoms with Gasteiger partial charge in [0.25, 0.3) is 0 Å². The van der Waals surface area contributed by atoms with Crippen molar-refractivity contribution < 1.29 is 19.5 Å². The number of carboxylic acids is 1. The zero-order valence-corrected chi connectivity index (χ0v) is 21.1. The second-order valence-corrected chi connectivity index (χ2v) is 9.65. The van der Waals surface area contributed by atoms with Crippen LogP contribution in [0.15, 0.2) is 0 Å². The van der Waals surface area contributed by atoms with E-state index in [0.717, 1.165) is 19.3 Å². The lowest BCUT2D eigenvalue weighted by Gasteiger charge is -2.04. The van der Waals surface area contributed by atoms with E-state index in [4.69, 9.17) is 5.11 Å². The number of Topliss-reactive ketones (excluding diaryl/α,β-unsaturated/α-hetero) is 2. The maximum absolute atomic E-state index is 11.6. The molecule has 0 heterocycles. The number of hydrogen-bond acceptors (Lipinski definition) is 3. The minimum atomic E-state index is -1.16. The molecule has 1 N–H and O–H groups in total. The van der Waals surface area contributed by atoms with E-state index in [2.05, 4.69) is 6.92 Å². The van der Waals surface area contributed by atoms with Gasteiger partial charge in [0.05, 0.1) is 6.42 Å². The Morgan fingerprint density at radius 3 is 1.06 bits per heavy atom. The minimum absolute atomic E-state index is 0.117. The molecular weight excluding hydrogens is 400 g/mol. The van der Waals surface area contributed by atoms with Gasteiger partial charge in [-0.3, -0.25) is 14.4 Å². The number of carbonyl (C=O) groups excluding carboxylic acids is 2. The molecule has 0 unspecified atom stereocenters. The van der Waals surface area contributed by atoms with Crippen LogP contribution in [0.5, 0.6) is 0 Å². The van der Waals surface area contributed by atoms with Crippen molar-refractivity contribution in [3.63, 3.8) is 0 Å². The van der Waals surface area contributed by atoms with E-state index in [-0.39, 0.29) is 12.2 Å². The number of aliphatic carboxylic acids is 1. The molecule has 32 heavy (non-hydrogen) atoms. The smallest absolute Gasteiger partial charge is 0.310 e. The van der Waals surface area contributed by atoms with Crippen molar-refractivity contribution in [3.05, 3.63) is 0 Å². The van der Waals surface area contributed by atoms with Crippen molar-refractivity contribution in [3.8, 4) is 0 Å². The lowest BCUT2D eigenvalue weighted by molar-refractivity contribution is -0.140. The molecular formula is C28H52O4. The molecule has 0 aromatic rings. The summed E-state index contributed by atoms with van der Waals surface area (Å²) in [7, 11) is 0. The van der Waals surface area contributed by atoms with Crippen molar-refractivity contribution in [2.75, 3.05) is 0 Å².